The van der Waals surface area contributed by atoms with Crippen LogP contribution < -0.4 is 47.7 Å². The fourth-order valence-corrected chi connectivity index (χ4v) is 8.94. The Balaban J connectivity index is 1.36. The summed E-state index contributed by atoms with van der Waals surface area (Å²) in [7, 11) is 38.0. The van der Waals surface area contributed by atoms with Crippen LogP contribution in [-0.4, -0.2) is 118 Å². The highest BCUT2D eigenvalue weighted by Crippen LogP contribution is 2.42. The van der Waals surface area contributed by atoms with E-state index in [0.717, 1.165) is 32.2 Å². The van der Waals surface area contributed by atoms with Crippen molar-refractivity contribution < 1.29 is 17.9 Å². The number of rotatable bonds is 5. The lowest BCUT2D eigenvalue weighted by molar-refractivity contribution is 0.107. The Morgan fingerprint density at radius 2 is 1.72 bits per heavy atom. The van der Waals surface area contributed by atoms with E-state index in [1.54, 1.807) is 0 Å². The smallest absolute Gasteiger partial charge is 0.319 e. The number of hydrogen-bond acceptors (Lipinski definition) is 6. The zero-order valence-electron chi connectivity index (χ0n) is 27.7. The van der Waals surface area contributed by atoms with Crippen LogP contribution >= 0.6 is 0 Å². The van der Waals surface area contributed by atoms with Gasteiger partial charge in [-0.25, -0.2) is 13.2 Å². The molecule has 4 aliphatic rings. The largest absolute Gasteiger partial charge is 0.461 e. The minimum absolute atomic E-state index is 0.000892. The molecule has 50 heavy (non-hydrogen) atoms. The van der Waals surface area contributed by atoms with Crippen LogP contribution in [0.25, 0.3) is 32.8 Å². The van der Waals surface area contributed by atoms with Gasteiger partial charge in [0.05, 0.1) is 11.1 Å². The first kappa shape index (κ1) is 33.7. The van der Waals surface area contributed by atoms with Gasteiger partial charge in [0.25, 0.3) is 0 Å². The van der Waals surface area contributed by atoms with Crippen LogP contribution in [0.2, 0.25) is 0 Å². The van der Waals surface area contributed by atoms with Crippen LogP contribution in [-0.2, 0) is 0 Å². The van der Waals surface area contributed by atoms with Gasteiger partial charge < -0.3 is 15.0 Å². The zero-order valence-corrected chi connectivity index (χ0v) is 27.7. The highest BCUT2D eigenvalue weighted by Gasteiger charge is 2.49. The molecular weight excluding hydrogens is 628 g/mol. The molecule has 12 radical (unpaired) electrons. The molecule has 15 heteroatoms. The molecular formula is C35H28B6F3N5O. The van der Waals surface area contributed by atoms with Gasteiger partial charge in [0, 0.05) is 54.0 Å². The van der Waals surface area contributed by atoms with E-state index in [-0.39, 0.29) is 89.8 Å². The van der Waals surface area contributed by atoms with Crippen LogP contribution in [0.15, 0.2) is 6.07 Å². The second-order valence-electron chi connectivity index (χ2n) is 14.6. The number of fused-ring (bicyclic) bond motifs is 5. The Kier molecular flexibility index (Phi) is 7.93. The summed E-state index contributed by atoms with van der Waals surface area (Å²) in [5, 5.41) is 3.88. The number of aromatic nitrogens is 2. The number of anilines is 1. The highest BCUT2D eigenvalue weighted by molar-refractivity contribution is 6.68. The van der Waals surface area contributed by atoms with E-state index in [1.165, 1.54) is 6.07 Å². The summed E-state index contributed by atoms with van der Waals surface area (Å²) in [5.74, 6) is 0.750. The van der Waals surface area contributed by atoms with Crippen molar-refractivity contribution >= 4 is 107 Å². The zero-order chi connectivity index (χ0) is 35.4. The van der Waals surface area contributed by atoms with Gasteiger partial charge in [-0.2, -0.15) is 9.97 Å². The van der Waals surface area contributed by atoms with E-state index in [0.29, 0.717) is 31.9 Å². The molecule has 238 valence electrons. The molecule has 1 aromatic heterocycles. The lowest BCUT2D eigenvalue weighted by Crippen LogP contribution is -2.58. The number of nitrogens with one attached hydrogen (secondary N) is 1. The number of piperazine rings is 1. The summed E-state index contributed by atoms with van der Waals surface area (Å²) in [6.07, 6.45) is 8.80. The monoisotopic (exact) mass is 657 g/mol. The average molecular weight is 657 g/mol. The lowest BCUT2D eigenvalue weighted by atomic mass is 9.61. The van der Waals surface area contributed by atoms with E-state index < -0.39 is 28.9 Å². The van der Waals surface area contributed by atoms with Gasteiger partial charge >= 0.3 is 6.01 Å². The van der Waals surface area contributed by atoms with Gasteiger partial charge in [-0.3, -0.25) is 4.90 Å². The Labute approximate surface area is 297 Å². The number of terminal acetylenes is 1. The van der Waals surface area contributed by atoms with Crippen molar-refractivity contribution in [2.75, 3.05) is 37.7 Å². The van der Waals surface area contributed by atoms with Crippen LogP contribution in [0, 0.1) is 24.0 Å². The molecule has 4 fully saturated rings. The fourth-order valence-electron chi connectivity index (χ4n) is 8.94. The summed E-state index contributed by atoms with van der Waals surface area (Å²) < 4.78 is 54.8. The van der Waals surface area contributed by atoms with Crippen molar-refractivity contribution in [3.63, 3.8) is 0 Å². The van der Waals surface area contributed by atoms with Crippen molar-refractivity contribution in [3.05, 3.63) is 23.3 Å². The Bertz CT molecular complexity index is 2180. The molecule has 4 aromatic rings. The van der Waals surface area contributed by atoms with E-state index >= 15 is 8.78 Å². The lowest BCUT2D eigenvalue weighted by Gasteiger charge is -2.40. The molecule has 4 saturated heterocycles. The molecule has 3 aromatic carbocycles. The molecule has 6 nitrogen and oxygen atoms in total. The molecule has 0 spiro atoms. The highest BCUT2D eigenvalue weighted by atomic mass is 19.1. The number of ether oxygens (including phenoxy) is 1. The third-order valence-corrected chi connectivity index (χ3v) is 11.3. The van der Waals surface area contributed by atoms with Crippen LogP contribution in [0.1, 0.15) is 44.6 Å². The topological polar surface area (TPSA) is 53.5 Å². The number of hydrogen-bond donors (Lipinski definition) is 1. The molecule has 5 heterocycles. The summed E-state index contributed by atoms with van der Waals surface area (Å²) in [5.41, 5.74) is -2.33. The fraction of sp³-hybridized carbons (Fsp3) is 0.429. The van der Waals surface area contributed by atoms with Crippen molar-refractivity contribution in [2.45, 2.75) is 62.3 Å². The van der Waals surface area contributed by atoms with Crippen LogP contribution in [0.5, 0.6) is 6.01 Å². The SMILES string of the molecule is [B]c1c([B])c(C#C)c2c(-c3c(F)cc4c(N5C[C@H]6CC[C@](C)(C5)N6)nc(OC[C@@]56CCCN5C[C@H](F)C6)nc4c3F)c([B])c([B])c([B])c2c1[B]. The Morgan fingerprint density at radius 3 is 2.44 bits per heavy atom. The number of halogens is 3. The molecule has 0 amide bonds. The van der Waals surface area contributed by atoms with Gasteiger partial charge in [-0.1, -0.05) is 27.8 Å². The summed E-state index contributed by atoms with van der Waals surface area (Å²) in [6, 6.07) is 1.24. The Hall–Kier alpha value is -3.48. The first-order valence-electron chi connectivity index (χ1n) is 16.7. The maximum atomic E-state index is 17.3. The minimum atomic E-state index is -1.06. The minimum Gasteiger partial charge on any atom is -0.461 e. The molecule has 2 bridgehead atoms. The molecule has 8 rings (SSSR count). The van der Waals surface area contributed by atoms with Gasteiger partial charge in [-0.05, 0) is 56.2 Å². The van der Waals surface area contributed by atoms with E-state index in [2.05, 4.69) is 28.0 Å². The standard InChI is InChI=1S/C35H28B6F3N5O/c1-3-17-20-22(25(37)29(41)27(39)23(20)26(38)28(40)24(17)36)21-19(43)9-18-31(30(21)44)45-33(50-14-35-6-4-8-49(35)11-15(42)10-35)46-32(18)48-12-16-5-7-34(2,13-48)47-16/h1,9,15-16,47H,4-8,10-14H2,2H3/t15-,16-,34-,35+/m1/s1. The second-order valence-corrected chi connectivity index (χ2v) is 14.6. The second kappa shape index (κ2) is 11.8. The maximum Gasteiger partial charge on any atom is 0.319 e. The van der Waals surface area contributed by atoms with Crippen molar-refractivity contribution in [1.29, 1.82) is 0 Å². The van der Waals surface area contributed by atoms with Gasteiger partial charge in [-0.15, -0.1) is 17.3 Å². The Morgan fingerprint density at radius 1 is 0.980 bits per heavy atom. The number of alkyl halides is 1. The van der Waals surface area contributed by atoms with Gasteiger partial charge in [0.1, 0.15) is 77.0 Å². The molecule has 1 N–H and O–H groups in total. The average Bonchev–Trinajstić information content (AvgIpc) is 3.70. The van der Waals surface area contributed by atoms with Crippen molar-refractivity contribution in [2.24, 2.45) is 0 Å². The van der Waals surface area contributed by atoms with Crippen molar-refractivity contribution in [1.82, 2.24) is 20.2 Å². The van der Waals surface area contributed by atoms with E-state index in [4.69, 9.17) is 63.2 Å². The summed E-state index contributed by atoms with van der Waals surface area (Å²) >= 11 is 0. The quantitative estimate of drug-likeness (QED) is 0.215. The molecule has 4 atom stereocenters. The van der Waals surface area contributed by atoms with E-state index in [9.17, 15) is 4.39 Å². The van der Waals surface area contributed by atoms with Crippen LogP contribution in [0.4, 0.5) is 19.0 Å². The molecule has 0 unspecified atom stereocenters. The summed E-state index contributed by atoms with van der Waals surface area (Å²) in [6.45, 7) is 4.45. The number of nitrogens with zero attached hydrogens (tertiary/aromatic N) is 4. The maximum absolute atomic E-state index is 17.3. The summed E-state index contributed by atoms with van der Waals surface area (Å²) in [4.78, 5) is 13.4. The van der Waals surface area contributed by atoms with Crippen LogP contribution in [0.3, 0.4) is 0 Å². The van der Waals surface area contributed by atoms with Gasteiger partial charge in [0.15, 0.2) is 5.82 Å². The molecule has 0 aliphatic carbocycles. The predicted octanol–water partition coefficient (Wildman–Crippen LogP) is -1.24. The molecule has 4 aliphatic heterocycles. The van der Waals surface area contributed by atoms with Gasteiger partial charge in [0.2, 0.25) is 0 Å². The third-order valence-electron chi connectivity index (χ3n) is 11.3. The molecule has 0 saturated carbocycles. The predicted molar refractivity (Wildman–Crippen MR) is 198 cm³/mol. The first-order valence-corrected chi connectivity index (χ1v) is 16.7. The van der Waals surface area contributed by atoms with Crippen molar-refractivity contribution in [3.8, 4) is 29.5 Å². The van der Waals surface area contributed by atoms with E-state index in [1.807, 2.05) is 4.90 Å². The first-order chi connectivity index (χ1) is 23.8. The normalized spacial score (nSPS) is 26.2. The third kappa shape index (κ3) is 4.95. The number of benzene rings is 3.